The zero-order valence-corrected chi connectivity index (χ0v) is 15.2. The molecule has 0 unspecified atom stereocenters. The van der Waals surface area contributed by atoms with Crippen molar-refractivity contribution in [3.63, 3.8) is 0 Å². The summed E-state index contributed by atoms with van der Waals surface area (Å²) in [5.74, 6) is 0.827. The average Bonchev–Trinajstić information content (AvgIpc) is 2.61. The molecule has 25 heavy (non-hydrogen) atoms. The molecule has 132 valence electrons. The molecule has 0 N–H and O–H groups in total. The second-order valence-corrected chi connectivity index (χ2v) is 6.73. The summed E-state index contributed by atoms with van der Waals surface area (Å²) in [5, 5.41) is 0. The number of amides is 1. The Balaban J connectivity index is 1.56. The Kier molecular flexibility index (Phi) is 5.27. The summed E-state index contributed by atoms with van der Waals surface area (Å²) in [6.07, 6.45) is -0.468. The van der Waals surface area contributed by atoms with Crippen molar-refractivity contribution in [2.24, 2.45) is 0 Å². The van der Waals surface area contributed by atoms with Crippen LogP contribution in [0.1, 0.15) is 18.1 Å². The number of rotatable bonds is 4. The van der Waals surface area contributed by atoms with Crippen molar-refractivity contribution < 1.29 is 9.53 Å². The molecule has 0 bridgehead atoms. The van der Waals surface area contributed by atoms with E-state index in [0.29, 0.717) is 0 Å². The second kappa shape index (κ2) is 7.60. The molecule has 3 rings (SSSR count). The average molecular weight is 338 g/mol. The van der Waals surface area contributed by atoms with E-state index >= 15 is 0 Å². The summed E-state index contributed by atoms with van der Waals surface area (Å²) < 4.78 is 5.90. The van der Waals surface area contributed by atoms with Crippen molar-refractivity contribution in [2.75, 3.05) is 31.1 Å². The van der Waals surface area contributed by atoms with Gasteiger partial charge in [-0.25, -0.2) is 0 Å². The second-order valence-electron chi connectivity index (χ2n) is 6.73. The minimum atomic E-state index is -0.468. The Bertz CT molecular complexity index is 702. The van der Waals surface area contributed by atoms with E-state index in [2.05, 4.69) is 23.1 Å². The van der Waals surface area contributed by atoms with Crippen LogP contribution in [0.2, 0.25) is 0 Å². The van der Waals surface area contributed by atoms with E-state index in [4.69, 9.17) is 4.74 Å². The molecule has 4 nitrogen and oxygen atoms in total. The Labute approximate surface area is 150 Å². The minimum Gasteiger partial charge on any atom is -0.481 e. The number of hydrogen-bond donors (Lipinski definition) is 0. The van der Waals surface area contributed by atoms with E-state index in [0.717, 1.165) is 43.1 Å². The molecule has 0 aromatic heterocycles. The fourth-order valence-corrected chi connectivity index (χ4v) is 3.34. The summed E-state index contributed by atoms with van der Waals surface area (Å²) in [5.41, 5.74) is 3.51. The van der Waals surface area contributed by atoms with Gasteiger partial charge < -0.3 is 14.5 Å². The van der Waals surface area contributed by atoms with Crippen LogP contribution in [0, 0.1) is 13.8 Å². The molecule has 0 aliphatic carbocycles. The van der Waals surface area contributed by atoms with Gasteiger partial charge in [0.15, 0.2) is 6.10 Å². The molecule has 0 spiro atoms. The van der Waals surface area contributed by atoms with Crippen LogP contribution in [-0.4, -0.2) is 43.1 Å². The molecule has 0 saturated carbocycles. The maximum atomic E-state index is 12.7. The first-order chi connectivity index (χ1) is 12.0. The Hall–Kier alpha value is -2.49. The Morgan fingerprint density at radius 3 is 2.16 bits per heavy atom. The summed E-state index contributed by atoms with van der Waals surface area (Å²) in [7, 11) is 0. The van der Waals surface area contributed by atoms with Gasteiger partial charge in [0.05, 0.1) is 0 Å². The summed E-state index contributed by atoms with van der Waals surface area (Å²) in [6, 6.07) is 16.4. The lowest BCUT2D eigenvalue weighted by molar-refractivity contribution is -0.138. The molecule has 1 aliphatic rings. The maximum absolute atomic E-state index is 12.7. The van der Waals surface area contributed by atoms with Gasteiger partial charge in [0.25, 0.3) is 5.91 Å². The predicted octanol–water partition coefficient (Wildman–Crippen LogP) is 3.42. The number of hydrogen-bond acceptors (Lipinski definition) is 3. The molecular formula is C21H26N2O2. The highest BCUT2D eigenvalue weighted by atomic mass is 16.5. The van der Waals surface area contributed by atoms with Gasteiger partial charge in [-0.1, -0.05) is 24.3 Å². The minimum absolute atomic E-state index is 0.0619. The van der Waals surface area contributed by atoms with Crippen LogP contribution >= 0.6 is 0 Å². The highest BCUT2D eigenvalue weighted by Crippen LogP contribution is 2.19. The third-order valence-electron chi connectivity index (χ3n) is 4.57. The number of para-hydroxylation sites is 1. The van der Waals surface area contributed by atoms with E-state index < -0.39 is 6.10 Å². The van der Waals surface area contributed by atoms with Crippen molar-refractivity contribution in [1.29, 1.82) is 0 Å². The number of piperazine rings is 1. The first-order valence-electron chi connectivity index (χ1n) is 8.86. The number of anilines is 1. The van der Waals surface area contributed by atoms with E-state index in [1.54, 1.807) is 0 Å². The van der Waals surface area contributed by atoms with Crippen LogP contribution in [0.3, 0.4) is 0 Å². The number of benzene rings is 2. The zero-order valence-electron chi connectivity index (χ0n) is 15.2. The molecule has 1 fully saturated rings. The fourth-order valence-electron chi connectivity index (χ4n) is 3.34. The lowest BCUT2D eigenvalue weighted by atomic mass is 10.1. The lowest BCUT2D eigenvalue weighted by Gasteiger charge is -2.37. The molecule has 4 heteroatoms. The third kappa shape index (κ3) is 4.32. The first kappa shape index (κ1) is 17.3. The van der Waals surface area contributed by atoms with Crippen LogP contribution < -0.4 is 9.64 Å². The molecule has 1 aliphatic heterocycles. The van der Waals surface area contributed by atoms with E-state index in [1.807, 2.05) is 56.0 Å². The number of carbonyl (C=O) groups excluding carboxylic acids is 1. The van der Waals surface area contributed by atoms with E-state index in [9.17, 15) is 4.79 Å². The lowest BCUT2D eigenvalue weighted by Crippen LogP contribution is -2.52. The maximum Gasteiger partial charge on any atom is 0.263 e. The number of ether oxygens (including phenoxy) is 1. The van der Waals surface area contributed by atoms with Crippen LogP contribution in [0.4, 0.5) is 5.69 Å². The van der Waals surface area contributed by atoms with Crippen molar-refractivity contribution >= 4 is 11.6 Å². The summed E-state index contributed by atoms with van der Waals surface area (Å²) in [4.78, 5) is 16.9. The third-order valence-corrected chi connectivity index (χ3v) is 4.57. The SMILES string of the molecule is Cc1cc(C)cc(O[C@H](C)C(=O)N2CCN(c3ccccc3)CC2)c1. The topological polar surface area (TPSA) is 32.8 Å². The van der Waals surface area contributed by atoms with Gasteiger partial charge in [0, 0.05) is 31.9 Å². The monoisotopic (exact) mass is 338 g/mol. The van der Waals surface area contributed by atoms with Gasteiger partial charge >= 0.3 is 0 Å². The van der Waals surface area contributed by atoms with Gasteiger partial charge in [-0.15, -0.1) is 0 Å². The number of aryl methyl sites for hydroxylation is 2. The standard InChI is InChI=1S/C21H26N2O2/c1-16-13-17(2)15-20(14-16)25-18(3)21(24)23-11-9-22(10-12-23)19-7-5-4-6-8-19/h4-8,13-15,18H,9-12H2,1-3H3/t18-/m1/s1. The Morgan fingerprint density at radius 1 is 0.960 bits per heavy atom. The number of carbonyl (C=O) groups is 1. The fraction of sp³-hybridized carbons (Fsp3) is 0.381. The highest BCUT2D eigenvalue weighted by Gasteiger charge is 2.26. The smallest absolute Gasteiger partial charge is 0.263 e. The Morgan fingerprint density at radius 2 is 1.56 bits per heavy atom. The molecule has 1 amide bonds. The van der Waals surface area contributed by atoms with Crippen LogP contribution in [0.15, 0.2) is 48.5 Å². The molecule has 1 atom stereocenters. The number of nitrogens with zero attached hydrogens (tertiary/aromatic N) is 2. The summed E-state index contributed by atoms with van der Waals surface area (Å²) >= 11 is 0. The van der Waals surface area contributed by atoms with Gasteiger partial charge in [-0.2, -0.15) is 0 Å². The van der Waals surface area contributed by atoms with E-state index in [-0.39, 0.29) is 5.91 Å². The van der Waals surface area contributed by atoms with E-state index in [1.165, 1.54) is 5.69 Å². The summed E-state index contributed by atoms with van der Waals surface area (Å²) in [6.45, 7) is 9.08. The zero-order chi connectivity index (χ0) is 17.8. The van der Waals surface area contributed by atoms with Crippen LogP contribution in [0.5, 0.6) is 5.75 Å². The molecular weight excluding hydrogens is 312 g/mol. The largest absolute Gasteiger partial charge is 0.481 e. The predicted molar refractivity (Wildman–Crippen MR) is 101 cm³/mol. The van der Waals surface area contributed by atoms with Gasteiger partial charge in [-0.05, 0) is 56.2 Å². The highest BCUT2D eigenvalue weighted by molar-refractivity contribution is 5.81. The quantitative estimate of drug-likeness (QED) is 0.856. The molecule has 1 heterocycles. The molecule has 2 aromatic carbocycles. The van der Waals surface area contributed by atoms with Crippen molar-refractivity contribution in [1.82, 2.24) is 4.90 Å². The molecule has 1 saturated heterocycles. The normalized spacial score (nSPS) is 15.8. The van der Waals surface area contributed by atoms with Gasteiger partial charge in [-0.3, -0.25) is 4.79 Å². The van der Waals surface area contributed by atoms with Crippen molar-refractivity contribution in [3.8, 4) is 5.75 Å². The van der Waals surface area contributed by atoms with Crippen molar-refractivity contribution in [3.05, 3.63) is 59.7 Å². The van der Waals surface area contributed by atoms with Crippen molar-refractivity contribution in [2.45, 2.75) is 26.9 Å². The van der Waals surface area contributed by atoms with Gasteiger partial charge in [0.2, 0.25) is 0 Å². The first-order valence-corrected chi connectivity index (χ1v) is 8.86. The van der Waals surface area contributed by atoms with Gasteiger partial charge in [0.1, 0.15) is 5.75 Å². The van der Waals surface area contributed by atoms with Crippen LogP contribution in [-0.2, 0) is 4.79 Å². The molecule has 0 radical (unpaired) electrons. The van der Waals surface area contributed by atoms with Crippen LogP contribution in [0.25, 0.3) is 0 Å². The molecule has 2 aromatic rings.